The number of rotatable bonds is 8. The van der Waals surface area contributed by atoms with Crippen molar-refractivity contribution in [3.63, 3.8) is 0 Å². The first-order valence-corrected chi connectivity index (χ1v) is 20.7. The van der Waals surface area contributed by atoms with Gasteiger partial charge in [0.1, 0.15) is 28.7 Å². The number of benzene rings is 8. The lowest BCUT2D eigenvalue weighted by Crippen LogP contribution is -2.30. The van der Waals surface area contributed by atoms with Gasteiger partial charge >= 0.3 is 0 Å². The first-order valence-electron chi connectivity index (χ1n) is 25.7. The quantitative estimate of drug-likeness (QED) is 0.143. The summed E-state index contributed by atoms with van der Waals surface area (Å²) < 4.78 is 99.9. The Labute approximate surface area is 381 Å². The Hall–Kier alpha value is -8.02. The summed E-state index contributed by atoms with van der Waals surface area (Å²) in [4.78, 5) is 4.95. The summed E-state index contributed by atoms with van der Waals surface area (Å²) >= 11 is 0. The van der Waals surface area contributed by atoms with Gasteiger partial charge in [0, 0.05) is 45.8 Å². The van der Waals surface area contributed by atoms with Crippen LogP contribution < -0.4 is 9.30 Å². The second kappa shape index (κ2) is 15.5. The molecule has 302 valence electrons. The van der Waals surface area contributed by atoms with Crippen molar-refractivity contribution in [3.05, 3.63) is 224 Å². The van der Waals surface area contributed by atoms with E-state index in [4.69, 9.17) is 23.4 Å². The number of nitrogens with zero attached hydrogens (tertiary/aromatic N) is 4. The van der Waals surface area contributed by atoms with Crippen LogP contribution in [-0.2, 0) is 5.41 Å². The van der Waals surface area contributed by atoms with Crippen LogP contribution in [0.15, 0.2) is 219 Å². The zero-order valence-electron chi connectivity index (χ0n) is 44.7. The Kier molecular flexibility index (Phi) is 7.00. The van der Waals surface area contributed by atoms with Crippen molar-refractivity contribution in [3.8, 4) is 62.1 Å². The largest absolute Gasteiger partial charge is 0.457 e. The molecule has 0 saturated carbocycles. The Bertz CT molecular complexity index is 3920. The molecule has 11 rings (SSSR count). The van der Waals surface area contributed by atoms with Gasteiger partial charge in [0.25, 0.3) is 6.33 Å². The fourth-order valence-electron chi connectivity index (χ4n) is 8.51. The molecule has 63 heavy (non-hydrogen) atoms. The van der Waals surface area contributed by atoms with Crippen molar-refractivity contribution in [1.82, 2.24) is 14.1 Å². The van der Waals surface area contributed by atoms with Crippen molar-refractivity contribution >= 4 is 32.8 Å². The predicted octanol–water partition coefficient (Wildman–Crippen LogP) is 14.5. The lowest BCUT2D eigenvalue weighted by Gasteiger charge is -2.20. The van der Waals surface area contributed by atoms with Gasteiger partial charge in [0.05, 0.1) is 24.7 Å². The zero-order chi connectivity index (χ0) is 51.2. The molecule has 0 aliphatic carbocycles. The van der Waals surface area contributed by atoms with Crippen molar-refractivity contribution in [1.29, 1.82) is 0 Å². The highest BCUT2D eigenvalue weighted by Gasteiger charge is 2.25. The summed E-state index contributed by atoms with van der Waals surface area (Å²) in [5.41, 5.74) is 7.51. The molecule has 0 aliphatic rings. The minimum Gasteiger partial charge on any atom is -0.457 e. The standard InChI is InChI=1S/C58H45N4O/c1-58(2,3)43-34-35-59-55(36-43)62-54-38-46(32-33-50(54)51-29-17-28-49(57(51)62)42-22-11-6-12-23-42)63-45-25-15-24-44(37-45)60-39-61(53-31-14-13-30-52(53)60)56-47(40-18-7-4-8-19-40)26-16-27-48(56)41-20-9-5-10-21-41/h4-39H,1-3H3/q+1/i4D,5D,7D,8D,9D,10D,18D,19D,20D,21D. The van der Waals surface area contributed by atoms with Crippen molar-refractivity contribution in [2.45, 2.75) is 26.2 Å². The van der Waals surface area contributed by atoms with Crippen LogP contribution in [0.2, 0.25) is 0 Å². The first kappa shape index (κ1) is 28.5. The van der Waals surface area contributed by atoms with E-state index in [1.807, 2.05) is 89.6 Å². The Morgan fingerprint density at radius 2 is 1.22 bits per heavy atom. The van der Waals surface area contributed by atoms with E-state index >= 15 is 0 Å². The highest BCUT2D eigenvalue weighted by molar-refractivity contribution is 6.14. The summed E-state index contributed by atoms with van der Waals surface area (Å²) in [5, 5.41) is 2.11. The predicted molar refractivity (Wildman–Crippen MR) is 258 cm³/mol. The van der Waals surface area contributed by atoms with E-state index in [-0.39, 0.29) is 33.4 Å². The normalized spacial score (nSPS) is 14.0. The Morgan fingerprint density at radius 1 is 0.556 bits per heavy atom. The topological polar surface area (TPSA) is 35.9 Å². The second-order valence-corrected chi connectivity index (χ2v) is 16.4. The van der Waals surface area contributed by atoms with Gasteiger partial charge in [-0.1, -0.05) is 166 Å². The molecule has 0 saturated heterocycles. The van der Waals surface area contributed by atoms with Crippen LogP contribution in [0.3, 0.4) is 0 Å². The fourth-order valence-corrected chi connectivity index (χ4v) is 8.51. The van der Waals surface area contributed by atoms with Crippen LogP contribution in [-0.4, -0.2) is 14.1 Å². The van der Waals surface area contributed by atoms with Gasteiger partial charge in [-0.2, -0.15) is 9.13 Å². The molecule has 8 aromatic carbocycles. The summed E-state index contributed by atoms with van der Waals surface area (Å²) in [7, 11) is 0. The van der Waals surface area contributed by atoms with Crippen molar-refractivity contribution in [2.24, 2.45) is 0 Å². The average Bonchev–Trinajstić information content (AvgIpc) is 3.95. The molecule has 0 unspecified atom stereocenters. The van der Waals surface area contributed by atoms with Crippen LogP contribution in [0.1, 0.15) is 40.0 Å². The highest BCUT2D eigenvalue weighted by Crippen LogP contribution is 2.41. The molecular formula is C58H45N4O+. The molecule has 0 fully saturated rings. The molecule has 0 amide bonds. The van der Waals surface area contributed by atoms with E-state index in [0.717, 1.165) is 44.3 Å². The molecule has 0 N–H and O–H groups in total. The van der Waals surface area contributed by atoms with Crippen LogP contribution in [0, 0.1) is 0 Å². The van der Waals surface area contributed by atoms with Gasteiger partial charge in [-0.05, 0) is 76.2 Å². The monoisotopic (exact) mass is 823 g/mol. The molecule has 0 bridgehead atoms. The number of hydrogen-bond donors (Lipinski definition) is 0. The van der Waals surface area contributed by atoms with E-state index < -0.39 is 60.4 Å². The molecule has 3 aromatic heterocycles. The van der Waals surface area contributed by atoms with Gasteiger partial charge in [-0.25, -0.2) is 4.98 Å². The maximum absolute atomic E-state index is 9.05. The number of fused-ring (bicyclic) bond motifs is 4. The molecule has 0 radical (unpaired) electrons. The van der Waals surface area contributed by atoms with Gasteiger partial charge in [0.15, 0.2) is 11.0 Å². The zero-order valence-corrected chi connectivity index (χ0v) is 34.7. The molecule has 11 aromatic rings. The third-order valence-electron chi connectivity index (χ3n) is 11.5. The van der Waals surface area contributed by atoms with Gasteiger partial charge in [-0.15, -0.1) is 0 Å². The summed E-state index contributed by atoms with van der Waals surface area (Å²) in [6, 6.07) is 41.8. The van der Waals surface area contributed by atoms with E-state index in [2.05, 4.69) is 73.9 Å². The molecule has 0 aliphatic heterocycles. The second-order valence-electron chi connectivity index (χ2n) is 16.4. The van der Waals surface area contributed by atoms with Gasteiger partial charge in [0.2, 0.25) is 0 Å². The lowest BCUT2D eigenvalue weighted by atomic mass is 9.88. The molecule has 0 atom stereocenters. The van der Waals surface area contributed by atoms with E-state index in [9.17, 15) is 0 Å². The van der Waals surface area contributed by atoms with Crippen LogP contribution in [0.25, 0.3) is 83.4 Å². The number of para-hydroxylation sites is 4. The summed E-state index contributed by atoms with van der Waals surface area (Å²) in [6.07, 6.45) is 3.65. The SMILES string of the molecule is [2H]c1c([2H])c([2H])c(-c2cccc(-c3c([2H])c([2H])c([2H])c([2H])c3[2H])c2-[n+]2cn(-c3cccc(Oc4ccc5c6cccc(-c7ccccc7)c6n(-c6cc(C(C)(C)C)ccn6)c5c4)c3)c3ccccc32)c([2H])c1[2H]. The van der Waals surface area contributed by atoms with Gasteiger partial charge in [-0.3, -0.25) is 4.57 Å². The van der Waals surface area contributed by atoms with Crippen LogP contribution >= 0.6 is 0 Å². The van der Waals surface area contributed by atoms with E-state index in [1.54, 1.807) is 29.1 Å². The maximum atomic E-state index is 9.05. The first-order chi connectivity index (χ1) is 35.0. The van der Waals surface area contributed by atoms with Crippen LogP contribution in [0.5, 0.6) is 11.5 Å². The molecular weight excluding hydrogens is 769 g/mol. The van der Waals surface area contributed by atoms with Gasteiger partial charge < -0.3 is 4.74 Å². The number of imidazole rings is 1. The smallest absolute Gasteiger partial charge is 0.255 e. The van der Waals surface area contributed by atoms with Crippen molar-refractivity contribution in [2.75, 3.05) is 0 Å². The van der Waals surface area contributed by atoms with Crippen molar-refractivity contribution < 1.29 is 23.0 Å². The number of ether oxygens (including phenoxy) is 1. The lowest BCUT2D eigenvalue weighted by molar-refractivity contribution is -0.566. The number of aromatic nitrogens is 4. The maximum Gasteiger partial charge on any atom is 0.255 e. The third-order valence-corrected chi connectivity index (χ3v) is 11.5. The minimum atomic E-state index is -0.559. The number of hydrogen-bond acceptors (Lipinski definition) is 2. The number of pyridine rings is 1. The minimum absolute atomic E-state index is 0.111. The molecule has 5 heteroatoms. The summed E-state index contributed by atoms with van der Waals surface area (Å²) in [5.74, 6) is 1.90. The molecule has 5 nitrogen and oxygen atoms in total. The highest BCUT2D eigenvalue weighted by atomic mass is 16.5. The van der Waals surface area contributed by atoms with E-state index in [0.29, 0.717) is 28.2 Å². The molecule has 0 spiro atoms. The average molecular weight is 824 g/mol. The van der Waals surface area contributed by atoms with Crippen LogP contribution in [0.4, 0.5) is 0 Å². The van der Waals surface area contributed by atoms with E-state index in [1.165, 1.54) is 0 Å². The summed E-state index contributed by atoms with van der Waals surface area (Å²) in [6.45, 7) is 6.57. The third kappa shape index (κ3) is 6.84. The molecule has 3 heterocycles. The Morgan fingerprint density at radius 3 is 1.97 bits per heavy atom. The fraction of sp³-hybridized carbons (Fsp3) is 0.0690. The Balaban J connectivity index is 1.09.